The lowest BCUT2D eigenvalue weighted by atomic mass is 10.1. The van der Waals surface area contributed by atoms with Crippen LogP contribution in [0, 0.1) is 6.92 Å². The minimum absolute atomic E-state index is 0.105. The summed E-state index contributed by atoms with van der Waals surface area (Å²) in [5, 5.41) is 4.37. The Bertz CT molecular complexity index is 699. The van der Waals surface area contributed by atoms with E-state index in [1.165, 1.54) is 0 Å². The van der Waals surface area contributed by atoms with Crippen molar-refractivity contribution in [1.82, 2.24) is 4.72 Å². The molecule has 2 aromatic rings. The normalized spacial score (nSPS) is 11.7. The smallest absolute Gasteiger partial charge is 0.273 e. The summed E-state index contributed by atoms with van der Waals surface area (Å²) in [6.45, 7) is 4.55. The van der Waals surface area contributed by atoms with Crippen LogP contribution in [0.3, 0.4) is 0 Å². The number of sulfonamides is 1. The fourth-order valence-corrected chi connectivity index (χ4v) is 2.57. The number of fused-ring (bicyclic) bond motifs is 1. The Morgan fingerprint density at radius 1 is 1.20 bits per heavy atom. The molecule has 0 saturated carbocycles. The minimum Gasteiger partial charge on any atom is -0.273 e. The van der Waals surface area contributed by atoms with Crippen LogP contribution in [0.1, 0.15) is 12.5 Å². The third kappa shape index (κ3) is 3.68. The topological polar surface area (TPSA) is 72.3 Å². The van der Waals surface area contributed by atoms with Crippen LogP contribution in [-0.2, 0) is 10.0 Å². The fourth-order valence-electron chi connectivity index (χ4n) is 1.96. The number of nitrogens with one attached hydrogen (secondary N) is 3. The number of aryl methyl sites for hydroxylation is 1. The molecule has 3 N–H and O–H groups in total. The van der Waals surface area contributed by atoms with Gasteiger partial charge in [-0.3, -0.25) is 5.32 Å². The summed E-state index contributed by atoms with van der Waals surface area (Å²) >= 11 is 0. The number of benzene rings is 1. The molecule has 0 radical (unpaired) electrons. The summed E-state index contributed by atoms with van der Waals surface area (Å²) in [5.41, 5.74) is 2.15. The summed E-state index contributed by atoms with van der Waals surface area (Å²) in [6.07, 6.45) is 0. The maximum atomic E-state index is 11.3. The van der Waals surface area contributed by atoms with E-state index in [4.69, 9.17) is 0 Å². The van der Waals surface area contributed by atoms with Crippen LogP contribution in [0.2, 0.25) is 0 Å². The number of hydrogen-bond donors (Lipinski definition) is 2. The van der Waals surface area contributed by atoms with Crippen LogP contribution in [0.15, 0.2) is 30.3 Å². The molecule has 20 heavy (non-hydrogen) atoms. The summed E-state index contributed by atoms with van der Waals surface area (Å²) in [6, 6.07) is 10.2. The highest BCUT2D eigenvalue weighted by atomic mass is 32.2. The first-order chi connectivity index (χ1) is 9.52. The van der Waals surface area contributed by atoms with Crippen LogP contribution < -0.4 is 15.0 Å². The van der Waals surface area contributed by atoms with Gasteiger partial charge in [0, 0.05) is 17.5 Å². The van der Waals surface area contributed by atoms with E-state index in [-0.39, 0.29) is 5.75 Å². The van der Waals surface area contributed by atoms with Crippen molar-refractivity contribution in [3.63, 3.8) is 0 Å². The third-order valence-electron chi connectivity index (χ3n) is 3.12. The van der Waals surface area contributed by atoms with Gasteiger partial charge in [-0.15, -0.1) is 0 Å². The van der Waals surface area contributed by atoms with Crippen LogP contribution >= 0.6 is 0 Å². The molecule has 0 bridgehead atoms. The number of H-pyrrole nitrogens is 1. The molecule has 0 amide bonds. The van der Waals surface area contributed by atoms with Crippen LogP contribution in [0.25, 0.3) is 10.9 Å². The van der Waals surface area contributed by atoms with E-state index in [0.717, 1.165) is 22.3 Å². The Hall–Kier alpha value is -1.66. The van der Waals surface area contributed by atoms with Crippen molar-refractivity contribution in [3.05, 3.63) is 35.9 Å². The zero-order valence-corrected chi connectivity index (χ0v) is 12.5. The van der Waals surface area contributed by atoms with E-state index in [0.29, 0.717) is 13.1 Å². The van der Waals surface area contributed by atoms with Gasteiger partial charge in [0.1, 0.15) is 5.52 Å². The zero-order valence-electron chi connectivity index (χ0n) is 11.7. The summed E-state index contributed by atoms with van der Waals surface area (Å²) in [5.74, 6) is 1.02. The largest absolute Gasteiger partial charge is 0.275 e. The molecule has 1 heterocycles. The van der Waals surface area contributed by atoms with Crippen molar-refractivity contribution >= 4 is 26.7 Å². The summed E-state index contributed by atoms with van der Waals surface area (Å²) in [4.78, 5) is 3.32. The summed E-state index contributed by atoms with van der Waals surface area (Å²) in [7, 11) is -3.12. The second-order valence-electron chi connectivity index (χ2n) is 4.64. The van der Waals surface area contributed by atoms with Gasteiger partial charge in [-0.05, 0) is 26.0 Å². The van der Waals surface area contributed by atoms with Crippen molar-refractivity contribution in [2.75, 3.05) is 24.2 Å². The van der Waals surface area contributed by atoms with Gasteiger partial charge >= 0.3 is 0 Å². The molecule has 1 aromatic heterocycles. The Balaban J connectivity index is 2.01. The summed E-state index contributed by atoms with van der Waals surface area (Å²) < 4.78 is 25.1. The van der Waals surface area contributed by atoms with Crippen LogP contribution in [0.5, 0.6) is 0 Å². The molecule has 0 atom stereocenters. The average molecular weight is 294 g/mol. The SMILES string of the molecule is CCS(=O)(=O)NCCNc1[nH+]c2ccccc2cc1C. The second kappa shape index (κ2) is 6.19. The zero-order chi connectivity index (χ0) is 14.6. The maximum absolute atomic E-state index is 11.3. The van der Waals surface area contributed by atoms with Crippen molar-refractivity contribution in [3.8, 4) is 0 Å². The highest BCUT2D eigenvalue weighted by Crippen LogP contribution is 2.15. The van der Waals surface area contributed by atoms with E-state index in [1.54, 1.807) is 6.92 Å². The number of pyridine rings is 1. The Morgan fingerprint density at radius 3 is 2.70 bits per heavy atom. The quantitative estimate of drug-likeness (QED) is 0.789. The first-order valence-electron chi connectivity index (χ1n) is 6.65. The number of para-hydroxylation sites is 1. The van der Waals surface area contributed by atoms with E-state index >= 15 is 0 Å². The Labute approximate surface area is 119 Å². The molecule has 108 valence electrons. The van der Waals surface area contributed by atoms with Gasteiger partial charge in [0.15, 0.2) is 0 Å². The Kier molecular flexibility index (Phi) is 4.57. The molecule has 0 aliphatic heterocycles. The molecular formula is C14H20N3O2S+. The molecule has 5 nitrogen and oxygen atoms in total. The number of aromatic nitrogens is 1. The predicted molar refractivity (Wildman–Crippen MR) is 81.2 cm³/mol. The van der Waals surface area contributed by atoms with E-state index < -0.39 is 10.0 Å². The van der Waals surface area contributed by atoms with Crippen molar-refractivity contribution in [2.45, 2.75) is 13.8 Å². The van der Waals surface area contributed by atoms with Crippen molar-refractivity contribution in [2.24, 2.45) is 0 Å². The molecule has 0 aliphatic carbocycles. The monoisotopic (exact) mass is 294 g/mol. The molecule has 1 aromatic carbocycles. The maximum Gasteiger partial charge on any atom is 0.275 e. The van der Waals surface area contributed by atoms with Crippen LogP contribution in [-0.4, -0.2) is 27.3 Å². The second-order valence-corrected chi connectivity index (χ2v) is 6.73. The standard InChI is InChI=1S/C14H19N3O2S/c1-3-20(18,19)16-9-8-15-14-11(2)10-12-6-4-5-7-13(12)17-14/h4-7,10,16H,3,8-9H2,1-2H3,(H,15,17)/p+1. The van der Waals surface area contributed by atoms with Gasteiger partial charge in [0.2, 0.25) is 10.0 Å². The first-order valence-corrected chi connectivity index (χ1v) is 8.30. The van der Waals surface area contributed by atoms with Gasteiger partial charge in [-0.2, -0.15) is 0 Å². The van der Waals surface area contributed by atoms with Gasteiger partial charge in [0.25, 0.3) is 5.82 Å². The van der Waals surface area contributed by atoms with E-state index in [9.17, 15) is 8.42 Å². The molecule has 6 heteroatoms. The van der Waals surface area contributed by atoms with E-state index in [2.05, 4.69) is 27.2 Å². The van der Waals surface area contributed by atoms with Crippen molar-refractivity contribution in [1.29, 1.82) is 0 Å². The minimum atomic E-state index is -3.12. The molecule has 0 spiro atoms. The molecule has 0 aliphatic rings. The van der Waals surface area contributed by atoms with E-state index in [1.807, 2.05) is 25.1 Å². The highest BCUT2D eigenvalue weighted by molar-refractivity contribution is 7.89. The molecular weight excluding hydrogens is 274 g/mol. The number of hydrogen-bond acceptors (Lipinski definition) is 3. The van der Waals surface area contributed by atoms with Gasteiger partial charge in [-0.1, -0.05) is 18.2 Å². The molecule has 2 rings (SSSR count). The highest BCUT2D eigenvalue weighted by Gasteiger charge is 2.10. The third-order valence-corrected chi connectivity index (χ3v) is 4.52. The van der Waals surface area contributed by atoms with Crippen molar-refractivity contribution < 1.29 is 13.4 Å². The average Bonchev–Trinajstić information content (AvgIpc) is 2.44. The van der Waals surface area contributed by atoms with Gasteiger partial charge in [-0.25, -0.2) is 18.1 Å². The first kappa shape index (κ1) is 14.7. The predicted octanol–water partition coefficient (Wildman–Crippen LogP) is 1.31. The Morgan fingerprint density at radius 2 is 1.95 bits per heavy atom. The number of aromatic amines is 1. The van der Waals surface area contributed by atoms with Gasteiger partial charge in [0.05, 0.1) is 12.3 Å². The van der Waals surface area contributed by atoms with Crippen LogP contribution in [0.4, 0.5) is 5.82 Å². The lowest BCUT2D eigenvalue weighted by Crippen LogP contribution is -2.31. The number of anilines is 1. The molecule has 0 fully saturated rings. The van der Waals surface area contributed by atoms with Gasteiger partial charge < -0.3 is 0 Å². The molecule has 0 saturated heterocycles. The lowest BCUT2D eigenvalue weighted by Gasteiger charge is -2.05. The lowest BCUT2D eigenvalue weighted by molar-refractivity contribution is -0.327. The fraction of sp³-hybridized carbons (Fsp3) is 0.357. The number of rotatable bonds is 6. The molecule has 0 unspecified atom stereocenters.